The van der Waals surface area contributed by atoms with Crippen molar-refractivity contribution in [3.05, 3.63) is 21.7 Å². The van der Waals surface area contributed by atoms with Crippen molar-refractivity contribution in [2.75, 3.05) is 19.8 Å². The van der Waals surface area contributed by atoms with E-state index in [9.17, 15) is 4.79 Å². The number of fused-ring (bicyclic) bond motifs is 1. The van der Waals surface area contributed by atoms with Crippen molar-refractivity contribution in [3.63, 3.8) is 0 Å². The van der Waals surface area contributed by atoms with Crippen LogP contribution in [0.25, 0.3) is 0 Å². The number of carboxylic acids is 1. The van der Waals surface area contributed by atoms with E-state index in [2.05, 4.69) is 21.2 Å². The predicted octanol–water partition coefficient (Wildman–Crippen LogP) is 2.26. The van der Waals surface area contributed by atoms with E-state index in [1.807, 2.05) is 13.0 Å². The Morgan fingerprint density at radius 2 is 2.20 bits per heavy atom. The molecule has 1 saturated heterocycles. The highest BCUT2D eigenvalue weighted by Gasteiger charge is 2.32. The minimum Gasteiger partial charge on any atom is -0.486 e. The average Bonchev–Trinajstić information content (AvgIpc) is 2.92. The molecule has 2 unspecified atom stereocenters. The second-order valence-electron chi connectivity index (χ2n) is 5.16. The molecular formula is C14H16BrNO4. The molecule has 2 aliphatic rings. The molecule has 0 amide bonds. The van der Waals surface area contributed by atoms with Gasteiger partial charge in [-0.25, -0.2) is 0 Å². The molecule has 5 nitrogen and oxygen atoms in total. The van der Waals surface area contributed by atoms with Crippen LogP contribution in [0.2, 0.25) is 0 Å². The van der Waals surface area contributed by atoms with Crippen LogP contribution in [-0.2, 0) is 4.79 Å². The molecule has 2 atom stereocenters. The molecule has 2 heterocycles. The minimum absolute atomic E-state index is 0.0278. The molecule has 0 spiro atoms. The monoisotopic (exact) mass is 341 g/mol. The molecule has 2 N–H and O–H groups in total. The molecule has 108 valence electrons. The zero-order valence-corrected chi connectivity index (χ0v) is 12.7. The van der Waals surface area contributed by atoms with E-state index in [1.165, 1.54) is 0 Å². The normalized spacial score (nSPS) is 24.7. The SMILES string of the molecule is Cc1c(Br)c(C2CC(C(=O)O)CN2)cc2c1OCCO2. The average molecular weight is 342 g/mol. The molecule has 0 aliphatic carbocycles. The summed E-state index contributed by atoms with van der Waals surface area (Å²) in [5, 5.41) is 12.4. The van der Waals surface area contributed by atoms with Crippen molar-refractivity contribution in [1.82, 2.24) is 5.32 Å². The lowest BCUT2D eigenvalue weighted by Gasteiger charge is -2.24. The summed E-state index contributed by atoms with van der Waals surface area (Å²) in [6.45, 7) is 3.58. The molecule has 1 fully saturated rings. The van der Waals surface area contributed by atoms with Crippen LogP contribution in [-0.4, -0.2) is 30.8 Å². The highest BCUT2D eigenvalue weighted by atomic mass is 79.9. The molecule has 0 radical (unpaired) electrons. The van der Waals surface area contributed by atoms with Gasteiger partial charge in [-0.15, -0.1) is 0 Å². The number of hydrogen-bond donors (Lipinski definition) is 2. The Bertz CT molecular complexity index is 561. The van der Waals surface area contributed by atoms with Gasteiger partial charge in [0.25, 0.3) is 0 Å². The molecule has 2 aliphatic heterocycles. The van der Waals surface area contributed by atoms with Gasteiger partial charge in [-0.05, 0) is 25.0 Å². The Balaban J connectivity index is 1.94. The first-order chi connectivity index (χ1) is 9.58. The summed E-state index contributed by atoms with van der Waals surface area (Å²) in [5.74, 6) is 0.443. The van der Waals surface area contributed by atoms with Crippen LogP contribution in [0.1, 0.15) is 23.6 Å². The van der Waals surface area contributed by atoms with Gasteiger partial charge in [-0.1, -0.05) is 15.9 Å². The van der Waals surface area contributed by atoms with Gasteiger partial charge in [0.1, 0.15) is 13.2 Å². The van der Waals surface area contributed by atoms with E-state index >= 15 is 0 Å². The van der Waals surface area contributed by atoms with Gasteiger partial charge in [0.05, 0.1) is 5.92 Å². The topological polar surface area (TPSA) is 67.8 Å². The molecule has 20 heavy (non-hydrogen) atoms. The highest BCUT2D eigenvalue weighted by molar-refractivity contribution is 9.10. The number of benzene rings is 1. The fourth-order valence-electron chi connectivity index (χ4n) is 2.77. The maximum Gasteiger partial charge on any atom is 0.307 e. The molecule has 1 aromatic carbocycles. The van der Waals surface area contributed by atoms with Crippen molar-refractivity contribution < 1.29 is 19.4 Å². The van der Waals surface area contributed by atoms with Crippen LogP contribution in [0.3, 0.4) is 0 Å². The predicted molar refractivity (Wildman–Crippen MR) is 76.4 cm³/mol. The third-order valence-electron chi connectivity index (χ3n) is 3.88. The maximum absolute atomic E-state index is 11.1. The number of rotatable bonds is 2. The first-order valence-electron chi connectivity index (χ1n) is 6.62. The first kappa shape index (κ1) is 13.7. The Morgan fingerprint density at radius 3 is 2.90 bits per heavy atom. The maximum atomic E-state index is 11.1. The lowest BCUT2D eigenvalue weighted by Crippen LogP contribution is -2.19. The molecule has 3 rings (SSSR count). The summed E-state index contributed by atoms with van der Waals surface area (Å²) >= 11 is 3.60. The van der Waals surface area contributed by atoms with Gasteiger partial charge < -0.3 is 19.9 Å². The van der Waals surface area contributed by atoms with Crippen molar-refractivity contribution in [1.29, 1.82) is 0 Å². The van der Waals surface area contributed by atoms with Crippen LogP contribution in [0.15, 0.2) is 10.5 Å². The highest BCUT2D eigenvalue weighted by Crippen LogP contribution is 2.43. The molecule has 1 aromatic rings. The smallest absolute Gasteiger partial charge is 0.307 e. The zero-order valence-electron chi connectivity index (χ0n) is 11.1. The van der Waals surface area contributed by atoms with E-state index in [1.54, 1.807) is 0 Å². The van der Waals surface area contributed by atoms with E-state index in [4.69, 9.17) is 14.6 Å². The lowest BCUT2D eigenvalue weighted by atomic mass is 9.98. The number of hydrogen-bond acceptors (Lipinski definition) is 4. The Labute approximate surface area is 125 Å². The third kappa shape index (κ3) is 2.27. The number of nitrogens with one attached hydrogen (secondary N) is 1. The standard InChI is InChI=1S/C14H16BrNO4/c1-7-12(15)9(5-11-13(7)20-3-2-19-11)10-4-8(6-16-10)14(17)18/h5,8,10,16H,2-4,6H2,1H3,(H,17,18). The molecule has 0 saturated carbocycles. The zero-order chi connectivity index (χ0) is 14.3. The van der Waals surface area contributed by atoms with E-state index in [0.717, 1.165) is 27.1 Å². The van der Waals surface area contributed by atoms with Gasteiger partial charge in [0, 0.05) is 22.6 Å². The summed E-state index contributed by atoms with van der Waals surface area (Å²) in [6.07, 6.45) is 0.590. The fraction of sp³-hybridized carbons (Fsp3) is 0.500. The summed E-state index contributed by atoms with van der Waals surface area (Å²) in [4.78, 5) is 11.1. The molecule has 0 aromatic heterocycles. The summed E-state index contributed by atoms with van der Waals surface area (Å²) in [7, 11) is 0. The second-order valence-corrected chi connectivity index (χ2v) is 5.95. The number of carboxylic acid groups (broad SMARTS) is 1. The third-order valence-corrected chi connectivity index (χ3v) is 4.93. The Hall–Kier alpha value is -1.27. The Kier molecular flexibility index (Phi) is 3.60. The Morgan fingerprint density at radius 1 is 1.45 bits per heavy atom. The van der Waals surface area contributed by atoms with Crippen LogP contribution in [0, 0.1) is 12.8 Å². The van der Waals surface area contributed by atoms with Crippen molar-refractivity contribution in [3.8, 4) is 11.5 Å². The van der Waals surface area contributed by atoms with Crippen LogP contribution in [0.4, 0.5) is 0 Å². The summed E-state index contributed by atoms with van der Waals surface area (Å²) < 4.78 is 12.2. The number of ether oxygens (including phenoxy) is 2. The number of aliphatic carboxylic acids is 1. The van der Waals surface area contributed by atoms with E-state index in [-0.39, 0.29) is 12.0 Å². The van der Waals surface area contributed by atoms with Gasteiger partial charge in [0.15, 0.2) is 11.5 Å². The van der Waals surface area contributed by atoms with Crippen molar-refractivity contribution >= 4 is 21.9 Å². The van der Waals surface area contributed by atoms with Crippen LogP contribution in [0.5, 0.6) is 11.5 Å². The number of halogens is 1. The molecule has 0 bridgehead atoms. The second kappa shape index (κ2) is 5.26. The van der Waals surface area contributed by atoms with Gasteiger partial charge in [-0.3, -0.25) is 4.79 Å². The van der Waals surface area contributed by atoms with Gasteiger partial charge in [0.2, 0.25) is 0 Å². The minimum atomic E-state index is -0.745. The first-order valence-corrected chi connectivity index (χ1v) is 7.42. The molecule has 6 heteroatoms. The van der Waals surface area contributed by atoms with Crippen LogP contribution >= 0.6 is 15.9 Å². The lowest BCUT2D eigenvalue weighted by molar-refractivity contribution is -0.141. The van der Waals surface area contributed by atoms with Crippen molar-refractivity contribution in [2.45, 2.75) is 19.4 Å². The summed E-state index contributed by atoms with van der Waals surface area (Å²) in [6, 6.07) is 1.98. The quantitative estimate of drug-likeness (QED) is 0.863. The van der Waals surface area contributed by atoms with Crippen molar-refractivity contribution in [2.24, 2.45) is 5.92 Å². The fourth-order valence-corrected chi connectivity index (χ4v) is 3.34. The summed E-state index contributed by atoms with van der Waals surface area (Å²) in [5.41, 5.74) is 2.04. The van der Waals surface area contributed by atoms with Gasteiger partial charge in [-0.2, -0.15) is 0 Å². The molecular weight excluding hydrogens is 326 g/mol. The van der Waals surface area contributed by atoms with Crippen LogP contribution < -0.4 is 14.8 Å². The van der Waals surface area contributed by atoms with E-state index in [0.29, 0.717) is 26.2 Å². The van der Waals surface area contributed by atoms with E-state index < -0.39 is 5.97 Å². The number of carbonyl (C=O) groups is 1. The largest absolute Gasteiger partial charge is 0.486 e. The van der Waals surface area contributed by atoms with Gasteiger partial charge >= 0.3 is 5.97 Å².